The maximum absolute atomic E-state index is 13.3. The van der Waals surface area contributed by atoms with Crippen LogP contribution in [0.25, 0.3) is 0 Å². The van der Waals surface area contributed by atoms with Gasteiger partial charge in [0.2, 0.25) is 0 Å². The Kier molecular flexibility index (Phi) is 4.27. The van der Waals surface area contributed by atoms with Crippen molar-refractivity contribution >= 4 is 21.8 Å². The van der Waals surface area contributed by atoms with Crippen molar-refractivity contribution in [2.75, 3.05) is 5.33 Å². The van der Waals surface area contributed by atoms with Crippen molar-refractivity contribution in [1.82, 2.24) is 5.32 Å². The van der Waals surface area contributed by atoms with Crippen LogP contribution in [-0.4, -0.2) is 17.3 Å². The number of hydrogen-bond acceptors (Lipinski definition) is 1. The van der Waals surface area contributed by atoms with Crippen LogP contribution in [-0.2, 0) is 0 Å². The fraction of sp³-hybridized carbons (Fsp3) is 0.364. The van der Waals surface area contributed by atoms with E-state index in [1.54, 1.807) is 12.1 Å². The van der Waals surface area contributed by atoms with Gasteiger partial charge in [0.05, 0.1) is 5.56 Å². The lowest BCUT2D eigenvalue weighted by atomic mass is 10.1. The molecule has 4 heteroatoms. The summed E-state index contributed by atoms with van der Waals surface area (Å²) in [6, 6.07) is 4.48. The van der Waals surface area contributed by atoms with Gasteiger partial charge in [0.15, 0.2) is 0 Å². The molecule has 2 nitrogen and oxygen atoms in total. The smallest absolute Gasteiger partial charge is 0.254 e. The van der Waals surface area contributed by atoms with Gasteiger partial charge < -0.3 is 5.32 Å². The molecule has 0 bridgehead atoms. The second-order valence-electron chi connectivity index (χ2n) is 3.51. The third kappa shape index (κ3) is 3.30. The predicted molar refractivity (Wildman–Crippen MR) is 61.9 cm³/mol. The van der Waals surface area contributed by atoms with Gasteiger partial charge in [-0.3, -0.25) is 4.79 Å². The maximum atomic E-state index is 13.3. The normalized spacial score (nSPS) is 12.3. The fourth-order valence-corrected chi connectivity index (χ4v) is 1.32. The number of halogens is 2. The number of rotatable bonds is 3. The van der Waals surface area contributed by atoms with Crippen molar-refractivity contribution in [3.63, 3.8) is 0 Å². The van der Waals surface area contributed by atoms with E-state index in [-0.39, 0.29) is 17.5 Å². The molecular formula is C11H13BrFNO. The van der Waals surface area contributed by atoms with Crippen LogP contribution in [0.15, 0.2) is 18.2 Å². The van der Waals surface area contributed by atoms with Crippen LogP contribution in [0, 0.1) is 12.7 Å². The van der Waals surface area contributed by atoms with E-state index in [2.05, 4.69) is 21.2 Å². The molecule has 0 saturated heterocycles. The molecule has 0 spiro atoms. The van der Waals surface area contributed by atoms with E-state index in [9.17, 15) is 9.18 Å². The first-order valence-electron chi connectivity index (χ1n) is 4.67. The zero-order valence-electron chi connectivity index (χ0n) is 8.68. The zero-order chi connectivity index (χ0) is 11.4. The SMILES string of the molecule is Cc1ccc(F)c(C(=O)NC(C)CBr)c1. The maximum Gasteiger partial charge on any atom is 0.254 e. The van der Waals surface area contributed by atoms with Gasteiger partial charge in [-0.05, 0) is 26.0 Å². The number of nitrogens with one attached hydrogen (secondary N) is 1. The summed E-state index contributed by atoms with van der Waals surface area (Å²) in [4.78, 5) is 11.6. The topological polar surface area (TPSA) is 29.1 Å². The Hall–Kier alpha value is -0.900. The van der Waals surface area contributed by atoms with Crippen LogP contribution in [0.4, 0.5) is 4.39 Å². The summed E-state index contributed by atoms with van der Waals surface area (Å²) in [5.74, 6) is -0.858. The Bertz CT molecular complexity index is 368. The van der Waals surface area contributed by atoms with Crippen molar-refractivity contribution in [3.8, 4) is 0 Å². The largest absolute Gasteiger partial charge is 0.349 e. The molecule has 0 saturated carbocycles. The summed E-state index contributed by atoms with van der Waals surface area (Å²) in [6.45, 7) is 3.67. The van der Waals surface area contributed by atoms with E-state index in [1.807, 2.05) is 13.8 Å². The second-order valence-corrected chi connectivity index (χ2v) is 4.16. The van der Waals surface area contributed by atoms with E-state index in [0.717, 1.165) is 5.56 Å². The van der Waals surface area contributed by atoms with Crippen LogP contribution in [0.1, 0.15) is 22.8 Å². The number of hydrogen-bond donors (Lipinski definition) is 1. The molecule has 1 atom stereocenters. The fourth-order valence-electron chi connectivity index (χ4n) is 1.15. The zero-order valence-corrected chi connectivity index (χ0v) is 10.3. The number of benzene rings is 1. The number of alkyl halides is 1. The Balaban J connectivity index is 2.86. The van der Waals surface area contributed by atoms with Gasteiger partial charge in [-0.25, -0.2) is 4.39 Å². The summed E-state index contributed by atoms with van der Waals surface area (Å²) in [5.41, 5.74) is 0.968. The number of carbonyl (C=O) groups excluding carboxylic acids is 1. The summed E-state index contributed by atoms with van der Waals surface area (Å²) in [5, 5.41) is 3.33. The molecule has 0 aromatic heterocycles. The van der Waals surface area contributed by atoms with Crippen LogP contribution in [0.5, 0.6) is 0 Å². The molecule has 0 heterocycles. The van der Waals surface area contributed by atoms with Gasteiger partial charge in [0, 0.05) is 11.4 Å². The first-order chi connectivity index (χ1) is 7.04. The molecule has 15 heavy (non-hydrogen) atoms. The number of amides is 1. The van der Waals surface area contributed by atoms with Gasteiger partial charge in [-0.1, -0.05) is 27.6 Å². The molecule has 1 unspecified atom stereocenters. The molecule has 0 fully saturated rings. The minimum Gasteiger partial charge on any atom is -0.349 e. The molecular weight excluding hydrogens is 261 g/mol. The molecule has 1 N–H and O–H groups in total. The van der Waals surface area contributed by atoms with E-state index in [1.165, 1.54) is 6.07 Å². The highest BCUT2D eigenvalue weighted by molar-refractivity contribution is 9.09. The lowest BCUT2D eigenvalue weighted by Gasteiger charge is -2.11. The minimum absolute atomic E-state index is 0.0163. The summed E-state index contributed by atoms with van der Waals surface area (Å²) in [7, 11) is 0. The van der Waals surface area contributed by atoms with Gasteiger partial charge >= 0.3 is 0 Å². The minimum atomic E-state index is -0.486. The highest BCUT2D eigenvalue weighted by atomic mass is 79.9. The van der Waals surface area contributed by atoms with Crippen molar-refractivity contribution in [2.24, 2.45) is 0 Å². The lowest BCUT2D eigenvalue weighted by molar-refractivity contribution is 0.0940. The summed E-state index contributed by atoms with van der Waals surface area (Å²) >= 11 is 3.24. The van der Waals surface area contributed by atoms with Crippen LogP contribution in [0.2, 0.25) is 0 Å². The molecule has 1 aromatic rings. The van der Waals surface area contributed by atoms with Crippen molar-refractivity contribution in [1.29, 1.82) is 0 Å². The third-order valence-electron chi connectivity index (χ3n) is 1.98. The average Bonchev–Trinajstić information content (AvgIpc) is 2.21. The van der Waals surface area contributed by atoms with Crippen LogP contribution >= 0.6 is 15.9 Å². The molecule has 82 valence electrons. The van der Waals surface area contributed by atoms with Gasteiger partial charge in [-0.15, -0.1) is 0 Å². The van der Waals surface area contributed by atoms with Crippen molar-refractivity contribution in [3.05, 3.63) is 35.1 Å². The third-order valence-corrected chi connectivity index (χ3v) is 2.95. The Morgan fingerprint density at radius 1 is 1.60 bits per heavy atom. The molecule has 0 aliphatic rings. The monoisotopic (exact) mass is 273 g/mol. The molecule has 1 rings (SSSR count). The molecule has 1 aromatic carbocycles. The Morgan fingerprint density at radius 2 is 2.27 bits per heavy atom. The van der Waals surface area contributed by atoms with Gasteiger partial charge in [0.1, 0.15) is 5.82 Å². The lowest BCUT2D eigenvalue weighted by Crippen LogP contribution is -2.34. The first-order valence-corrected chi connectivity index (χ1v) is 5.79. The second kappa shape index (κ2) is 5.26. The first kappa shape index (κ1) is 12.2. The number of aryl methyl sites for hydroxylation is 1. The summed E-state index contributed by atoms with van der Waals surface area (Å²) < 4.78 is 13.3. The quantitative estimate of drug-likeness (QED) is 0.843. The van der Waals surface area contributed by atoms with Crippen LogP contribution in [0.3, 0.4) is 0 Å². The number of carbonyl (C=O) groups is 1. The van der Waals surface area contributed by atoms with Crippen LogP contribution < -0.4 is 5.32 Å². The van der Waals surface area contributed by atoms with Crippen molar-refractivity contribution < 1.29 is 9.18 Å². The van der Waals surface area contributed by atoms with E-state index in [0.29, 0.717) is 5.33 Å². The van der Waals surface area contributed by atoms with E-state index in [4.69, 9.17) is 0 Å². The summed E-state index contributed by atoms with van der Waals surface area (Å²) in [6.07, 6.45) is 0. The predicted octanol–water partition coefficient (Wildman–Crippen LogP) is 2.65. The standard InChI is InChI=1S/C11H13BrFNO/c1-7-3-4-10(13)9(5-7)11(15)14-8(2)6-12/h3-5,8H,6H2,1-2H3,(H,14,15). The average molecular weight is 274 g/mol. The molecule has 0 aliphatic carbocycles. The van der Waals surface area contributed by atoms with E-state index >= 15 is 0 Å². The molecule has 0 aliphatic heterocycles. The van der Waals surface area contributed by atoms with Crippen molar-refractivity contribution in [2.45, 2.75) is 19.9 Å². The van der Waals surface area contributed by atoms with E-state index < -0.39 is 5.82 Å². The highest BCUT2D eigenvalue weighted by Gasteiger charge is 2.13. The molecule has 0 radical (unpaired) electrons. The Labute approximate surface area is 97.0 Å². The van der Waals surface area contributed by atoms with Gasteiger partial charge in [0.25, 0.3) is 5.91 Å². The van der Waals surface area contributed by atoms with Gasteiger partial charge in [-0.2, -0.15) is 0 Å². The Morgan fingerprint density at radius 3 is 2.87 bits per heavy atom. The highest BCUT2D eigenvalue weighted by Crippen LogP contribution is 2.10. The molecule has 1 amide bonds.